The van der Waals surface area contributed by atoms with Crippen LogP contribution in [0.3, 0.4) is 0 Å². The lowest BCUT2D eigenvalue weighted by molar-refractivity contribution is 0.0742. The summed E-state index contributed by atoms with van der Waals surface area (Å²) in [5, 5.41) is 5.72. The van der Waals surface area contributed by atoms with E-state index in [2.05, 4.69) is 24.0 Å². The van der Waals surface area contributed by atoms with Crippen LogP contribution in [-0.4, -0.2) is 56.7 Å². The van der Waals surface area contributed by atoms with Crippen molar-refractivity contribution in [3.8, 4) is 5.69 Å². The monoisotopic (exact) mass is 458 g/mol. The number of aromatic nitrogens is 4. The van der Waals surface area contributed by atoms with Gasteiger partial charge in [-0.25, -0.2) is 19.0 Å². The Hall–Kier alpha value is -3.81. The van der Waals surface area contributed by atoms with Crippen LogP contribution in [0.1, 0.15) is 34.4 Å². The third-order valence-electron chi connectivity index (χ3n) is 6.30. The molecule has 0 spiro atoms. The van der Waals surface area contributed by atoms with E-state index in [-0.39, 0.29) is 11.5 Å². The Labute approximate surface area is 197 Å². The summed E-state index contributed by atoms with van der Waals surface area (Å²) < 4.78 is 16.0. The number of amides is 1. The van der Waals surface area contributed by atoms with Gasteiger partial charge in [0, 0.05) is 32.6 Å². The Kier molecular flexibility index (Phi) is 5.73. The summed E-state index contributed by atoms with van der Waals surface area (Å²) in [5.74, 6) is 0.832. The molecule has 1 saturated heterocycles. The molecule has 2 aromatic heterocycles. The number of rotatable bonds is 4. The highest BCUT2D eigenvalue weighted by Crippen LogP contribution is 2.30. The summed E-state index contributed by atoms with van der Waals surface area (Å²) in [7, 11) is 0. The first-order valence-corrected chi connectivity index (χ1v) is 11.6. The molecular formula is C26H27FN6O. The van der Waals surface area contributed by atoms with Gasteiger partial charge in [-0.15, -0.1) is 0 Å². The standard InChI is InChI=1S/C26H27FN6O/c1-4-22-28-24(23-18(3)30-33(25(23)29-22)19-11-9-17(2)10-12-19)31-13-15-32(16-14-31)26(34)20-7-5-6-8-21(20)27/h5-12H,4,13-16H2,1-3H3. The van der Waals surface area contributed by atoms with Crippen molar-refractivity contribution in [1.29, 1.82) is 0 Å². The number of hydrogen-bond acceptors (Lipinski definition) is 5. The van der Waals surface area contributed by atoms with E-state index < -0.39 is 5.82 Å². The van der Waals surface area contributed by atoms with E-state index in [1.807, 2.05) is 30.7 Å². The van der Waals surface area contributed by atoms with E-state index in [1.54, 1.807) is 17.0 Å². The molecule has 5 rings (SSSR count). The third kappa shape index (κ3) is 3.89. The summed E-state index contributed by atoms with van der Waals surface area (Å²) >= 11 is 0. The summed E-state index contributed by atoms with van der Waals surface area (Å²) in [6.45, 7) is 8.26. The average molecular weight is 459 g/mol. The molecule has 1 aliphatic heterocycles. The maximum atomic E-state index is 14.1. The van der Waals surface area contributed by atoms with E-state index in [0.717, 1.165) is 34.1 Å². The number of halogens is 1. The fraction of sp³-hybridized carbons (Fsp3) is 0.308. The Morgan fingerprint density at radius 1 is 0.971 bits per heavy atom. The summed E-state index contributed by atoms with van der Waals surface area (Å²) in [4.78, 5) is 26.4. The van der Waals surface area contributed by atoms with Crippen LogP contribution in [0.25, 0.3) is 16.7 Å². The topological polar surface area (TPSA) is 67.2 Å². The number of piperazine rings is 1. The van der Waals surface area contributed by atoms with Gasteiger partial charge in [0.25, 0.3) is 5.91 Å². The number of nitrogens with zero attached hydrogens (tertiary/aromatic N) is 6. The zero-order chi connectivity index (χ0) is 23.8. The molecule has 0 saturated carbocycles. The van der Waals surface area contributed by atoms with Gasteiger partial charge in [0.15, 0.2) is 5.65 Å². The fourth-order valence-electron chi connectivity index (χ4n) is 4.38. The van der Waals surface area contributed by atoms with Crippen molar-refractivity contribution in [2.24, 2.45) is 0 Å². The largest absolute Gasteiger partial charge is 0.352 e. The van der Waals surface area contributed by atoms with Crippen LogP contribution in [0.5, 0.6) is 0 Å². The van der Waals surface area contributed by atoms with Crippen molar-refractivity contribution in [3.05, 3.63) is 77.0 Å². The molecule has 0 aliphatic carbocycles. The van der Waals surface area contributed by atoms with Gasteiger partial charge in [0.1, 0.15) is 17.5 Å². The highest BCUT2D eigenvalue weighted by atomic mass is 19.1. The van der Waals surface area contributed by atoms with Crippen molar-refractivity contribution in [2.75, 3.05) is 31.1 Å². The molecule has 4 aromatic rings. The van der Waals surface area contributed by atoms with Crippen LogP contribution in [0.4, 0.5) is 10.2 Å². The molecule has 3 heterocycles. The Bertz CT molecular complexity index is 1360. The van der Waals surface area contributed by atoms with E-state index in [9.17, 15) is 9.18 Å². The maximum absolute atomic E-state index is 14.1. The molecule has 8 heteroatoms. The fourth-order valence-corrected chi connectivity index (χ4v) is 4.38. The molecule has 2 aromatic carbocycles. The molecule has 1 aliphatic rings. The normalized spacial score (nSPS) is 14.1. The van der Waals surface area contributed by atoms with Crippen LogP contribution in [0, 0.1) is 19.7 Å². The Balaban J connectivity index is 1.47. The summed E-state index contributed by atoms with van der Waals surface area (Å²) in [6.07, 6.45) is 0.701. The van der Waals surface area contributed by atoms with Crippen LogP contribution in [0.2, 0.25) is 0 Å². The molecule has 34 heavy (non-hydrogen) atoms. The van der Waals surface area contributed by atoms with Gasteiger partial charge in [-0.1, -0.05) is 36.8 Å². The molecule has 0 radical (unpaired) electrons. The average Bonchev–Trinajstić information content (AvgIpc) is 3.20. The number of benzene rings is 2. The number of carbonyl (C=O) groups is 1. The van der Waals surface area contributed by atoms with Crippen LogP contribution in [0.15, 0.2) is 48.5 Å². The number of hydrogen-bond donors (Lipinski definition) is 0. The summed E-state index contributed by atoms with van der Waals surface area (Å²) in [6, 6.07) is 14.3. The van der Waals surface area contributed by atoms with Crippen LogP contribution >= 0.6 is 0 Å². The van der Waals surface area contributed by atoms with Gasteiger partial charge in [0.2, 0.25) is 0 Å². The number of carbonyl (C=O) groups excluding carboxylic acids is 1. The van der Waals surface area contributed by atoms with Gasteiger partial charge in [0.05, 0.1) is 22.3 Å². The molecule has 1 amide bonds. The molecule has 0 N–H and O–H groups in total. The van der Waals surface area contributed by atoms with Gasteiger partial charge < -0.3 is 9.80 Å². The molecule has 1 fully saturated rings. The van der Waals surface area contributed by atoms with E-state index in [0.29, 0.717) is 32.6 Å². The SMILES string of the molecule is CCc1nc(N2CCN(C(=O)c3ccccc3F)CC2)c2c(C)nn(-c3ccc(C)cc3)c2n1. The lowest BCUT2D eigenvalue weighted by atomic mass is 10.1. The van der Waals surface area contributed by atoms with Gasteiger partial charge in [-0.05, 0) is 38.1 Å². The Morgan fingerprint density at radius 2 is 1.68 bits per heavy atom. The predicted octanol–water partition coefficient (Wildman–Crippen LogP) is 4.10. The highest BCUT2D eigenvalue weighted by Gasteiger charge is 2.27. The first-order chi connectivity index (χ1) is 16.5. The van der Waals surface area contributed by atoms with Crippen molar-refractivity contribution < 1.29 is 9.18 Å². The first-order valence-electron chi connectivity index (χ1n) is 11.6. The molecule has 0 atom stereocenters. The van der Waals surface area contributed by atoms with E-state index in [4.69, 9.17) is 15.1 Å². The van der Waals surface area contributed by atoms with Crippen LogP contribution < -0.4 is 4.90 Å². The number of fused-ring (bicyclic) bond motifs is 1. The Morgan fingerprint density at radius 3 is 2.35 bits per heavy atom. The zero-order valence-electron chi connectivity index (χ0n) is 19.6. The quantitative estimate of drug-likeness (QED) is 0.461. The second kappa shape index (κ2) is 8.85. The minimum atomic E-state index is -0.487. The zero-order valence-corrected chi connectivity index (χ0v) is 19.6. The van der Waals surface area contributed by atoms with Gasteiger partial charge >= 0.3 is 0 Å². The minimum Gasteiger partial charge on any atom is -0.352 e. The van der Waals surface area contributed by atoms with E-state index >= 15 is 0 Å². The van der Waals surface area contributed by atoms with E-state index in [1.165, 1.54) is 17.7 Å². The van der Waals surface area contributed by atoms with Crippen LogP contribution in [-0.2, 0) is 6.42 Å². The number of anilines is 1. The van der Waals surface area contributed by atoms with Gasteiger partial charge in [-0.3, -0.25) is 4.79 Å². The molecule has 7 nitrogen and oxygen atoms in total. The third-order valence-corrected chi connectivity index (χ3v) is 6.30. The van der Waals surface area contributed by atoms with Crippen molar-refractivity contribution in [1.82, 2.24) is 24.6 Å². The number of aryl methyl sites for hydroxylation is 3. The lowest BCUT2D eigenvalue weighted by Gasteiger charge is -2.35. The second-order valence-corrected chi connectivity index (χ2v) is 8.61. The molecule has 0 bridgehead atoms. The first kappa shape index (κ1) is 22.0. The maximum Gasteiger partial charge on any atom is 0.256 e. The molecular weight excluding hydrogens is 431 g/mol. The van der Waals surface area contributed by atoms with Gasteiger partial charge in [-0.2, -0.15) is 5.10 Å². The van der Waals surface area contributed by atoms with Crippen molar-refractivity contribution >= 4 is 22.8 Å². The minimum absolute atomic E-state index is 0.115. The molecule has 0 unspecified atom stereocenters. The second-order valence-electron chi connectivity index (χ2n) is 8.61. The lowest BCUT2D eigenvalue weighted by Crippen LogP contribution is -2.49. The highest BCUT2D eigenvalue weighted by molar-refractivity contribution is 5.95. The smallest absolute Gasteiger partial charge is 0.256 e. The van der Waals surface area contributed by atoms with Crippen molar-refractivity contribution in [2.45, 2.75) is 27.2 Å². The van der Waals surface area contributed by atoms with Crippen molar-refractivity contribution in [3.63, 3.8) is 0 Å². The molecule has 174 valence electrons. The predicted molar refractivity (Wildman–Crippen MR) is 130 cm³/mol. The summed E-state index contributed by atoms with van der Waals surface area (Å²) in [5.41, 5.74) is 3.90.